The lowest BCUT2D eigenvalue weighted by Gasteiger charge is -2.39. The highest BCUT2D eigenvalue weighted by atomic mass is 16.5. The van der Waals surface area contributed by atoms with Gasteiger partial charge in [-0.2, -0.15) is 0 Å². The predicted molar refractivity (Wildman–Crippen MR) is 191 cm³/mol. The summed E-state index contributed by atoms with van der Waals surface area (Å²) in [5.74, 6) is 2.46. The third-order valence-electron chi connectivity index (χ3n) is 9.38. The molecule has 258 valence electrons. The number of nitrogens with zero attached hydrogens (tertiary/aromatic N) is 4. The third-order valence-corrected chi connectivity index (χ3v) is 9.38. The smallest absolute Gasteiger partial charge is 0.324 e. The molecule has 1 fully saturated rings. The largest absolute Gasteiger partial charge is 0.497 e. The van der Waals surface area contributed by atoms with E-state index >= 15 is 0 Å². The molecule has 8 nitrogen and oxygen atoms in total. The molecule has 1 aromatic carbocycles. The molecule has 1 unspecified atom stereocenters. The molecule has 0 radical (unpaired) electrons. The fraction of sp³-hybridized carbons (Fsp3) is 0.684. The Morgan fingerprint density at radius 2 is 1.30 bits per heavy atom. The van der Waals surface area contributed by atoms with Crippen LogP contribution in [-0.2, 0) is 0 Å². The normalized spacial score (nSPS) is 13.9. The second-order valence-electron chi connectivity index (χ2n) is 12.7. The van der Waals surface area contributed by atoms with Gasteiger partial charge >= 0.3 is 6.03 Å². The topological polar surface area (TPSA) is 67.4 Å². The molecule has 2 heterocycles. The lowest BCUT2D eigenvalue weighted by Crippen LogP contribution is -2.53. The Labute approximate surface area is 279 Å². The molecule has 1 aliphatic rings. The van der Waals surface area contributed by atoms with E-state index < -0.39 is 0 Å². The minimum absolute atomic E-state index is 0.0248. The molecule has 0 bridgehead atoms. The zero-order chi connectivity index (χ0) is 33.3. The average molecular weight is 639 g/mol. The molecule has 0 aliphatic carbocycles. The first-order chi connectivity index (χ1) is 22.4. The summed E-state index contributed by atoms with van der Waals surface area (Å²) in [4.78, 5) is 25.3. The lowest BCUT2D eigenvalue weighted by molar-refractivity contribution is 0.201. The molecule has 1 aliphatic heterocycles. The lowest BCUT2D eigenvalue weighted by atomic mass is 9.86. The van der Waals surface area contributed by atoms with Crippen molar-refractivity contribution < 1.29 is 19.0 Å². The van der Waals surface area contributed by atoms with Crippen molar-refractivity contribution >= 4 is 17.4 Å². The zero-order valence-corrected chi connectivity index (χ0v) is 30.0. The Morgan fingerprint density at radius 1 is 0.761 bits per heavy atom. The Balaban J connectivity index is 1.83. The molecule has 1 saturated heterocycles. The molecular weight excluding hydrogens is 576 g/mol. The zero-order valence-electron chi connectivity index (χ0n) is 30.0. The number of carbonyl (C=O) groups excluding carboxylic acids is 1. The van der Waals surface area contributed by atoms with Crippen molar-refractivity contribution in [1.29, 1.82) is 0 Å². The van der Waals surface area contributed by atoms with E-state index in [1.54, 1.807) is 21.3 Å². The van der Waals surface area contributed by atoms with Gasteiger partial charge in [-0.15, -0.1) is 0 Å². The molecule has 8 heteroatoms. The summed E-state index contributed by atoms with van der Waals surface area (Å²) in [6.07, 6.45) is 16.3. The van der Waals surface area contributed by atoms with Crippen molar-refractivity contribution in [2.24, 2.45) is 0 Å². The van der Waals surface area contributed by atoms with Crippen molar-refractivity contribution in [1.82, 2.24) is 9.88 Å². The first kappa shape index (κ1) is 37.3. The SMILES string of the molecule is CCCCCCCCC(CCCCCCC)c1cc(C)nc(OC)c1N(CC)C(=O)N1CCN(c2cc(OC)cc(OC)c2)CC1. The van der Waals surface area contributed by atoms with E-state index in [4.69, 9.17) is 19.2 Å². The van der Waals surface area contributed by atoms with Crippen LogP contribution in [0.15, 0.2) is 24.3 Å². The highest BCUT2D eigenvalue weighted by molar-refractivity contribution is 5.94. The number of urea groups is 1. The van der Waals surface area contributed by atoms with Crippen LogP contribution in [0.3, 0.4) is 0 Å². The number of methoxy groups -OCH3 is 3. The van der Waals surface area contributed by atoms with E-state index in [1.165, 1.54) is 76.2 Å². The van der Waals surface area contributed by atoms with Crippen molar-refractivity contribution in [3.8, 4) is 17.4 Å². The van der Waals surface area contributed by atoms with Crippen LogP contribution >= 0.6 is 0 Å². The fourth-order valence-corrected chi connectivity index (χ4v) is 6.70. The number of rotatable bonds is 20. The molecule has 1 atom stereocenters. The minimum Gasteiger partial charge on any atom is -0.497 e. The van der Waals surface area contributed by atoms with Gasteiger partial charge in [0.1, 0.15) is 17.2 Å². The molecule has 46 heavy (non-hydrogen) atoms. The maximum Gasteiger partial charge on any atom is 0.324 e. The van der Waals surface area contributed by atoms with Crippen LogP contribution in [0.25, 0.3) is 0 Å². The fourth-order valence-electron chi connectivity index (χ4n) is 6.70. The number of hydrogen-bond acceptors (Lipinski definition) is 6. The number of hydrogen-bond donors (Lipinski definition) is 0. The Hall–Kier alpha value is -3.16. The van der Waals surface area contributed by atoms with Crippen LogP contribution in [0.4, 0.5) is 16.2 Å². The monoisotopic (exact) mass is 638 g/mol. The van der Waals surface area contributed by atoms with Crippen molar-refractivity contribution in [2.45, 2.75) is 117 Å². The molecular formula is C38H62N4O4. The summed E-state index contributed by atoms with van der Waals surface area (Å²) in [6.45, 7) is 11.9. The summed E-state index contributed by atoms with van der Waals surface area (Å²) in [7, 11) is 5.02. The number of aryl methyl sites for hydroxylation is 1. The Kier molecular flexibility index (Phi) is 16.3. The first-order valence-electron chi connectivity index (χ1n) is 18.0. The molecule has 1 aromatic heterocycles. The number of pyridine rings is 1. The number of ether oxygens (including phenoxy) is 3. The number of aromatic nitrogens is 1. The van der Waals surface area contributed by atoms with Crippen LogP contribution in [0.1, 0.15) is 121 Å². The molecule has 2 amide bonds. The van der Waals surface area contributed by atoms with Crippen molar-refractivity contribution in [2.75, 3.05) is 63.9 Å². The molecule has 0 N–H and O–H groups in total. The quantitative estimate of drug-likeness (QED) is 0.135. The number of anilines is 2. The number of unbranched alkanes of at least 4 members (excludes halogenated alkanes) is 9. The second-order valence-corrected chi connectivity index (χ2v) is 12.7. The number of benzene rings is 1. The van der Waals surface area contributed by atoms with Gasteiger partial charge in [0.05, 0.1) is 21.3 Å². The first-order valence-corrected chi connectivity index (χ1v) is 18.0. The van der Waals surface area contributed by atoms with Gasteiger partial charge in [-0.25, -0.2) is 9.78 Å². The summed E-state index contributed by atoms with van der Waals surface area (Å²) in [5.41, 5.74) is 4.08. The van der Waals surface area contributed by atoms with Gasteiger partial charge in [0.2, 0.25) is 5.88 Å². The van der Waals surface area contributed by atoms with Crippen LogP contribution in [0, 0.1) is 6.92 Å². The van der Waals surface area contributed by atoms with Gasteiger partial charge in [0.25, 0.3) is 0 Å². The van der Waals surface area contributed by atoms with Gasteiger partial charge in [-0.05, 0) is 44.2 Å². The molecule has 0 saturated carbocycles. The van der Waals surface area contributed by atoms with E-state index in [0.29, 0.717) is 31.4 Å². The number of piperazine rings is 1. The van der Waals surface area contributed by atoms with E-state index in [2.05, 4.69) is 31.7 Å². The maximum absolute atomic E-state index is 14.3. The minimum atomic E-state index is 0.0248. The number of carbonyl (C=O) groups is 1. The predicted octanol–water partition coefficient (Wildman–Crippen LogP) is 9.38. The Morgan fingerprint density at radius 3 is 1.80 bits per heavy atom. The van der Waals surface area contributed by atoms with Crippen LogP contribution in [0.2, 0.25) is 0 Å². The van der Waals surface area contributed by atoms with Crippen molar-refractivity contribution in [3.63, 3.8) is 0 Å². The van der Waals surface area contributed by atoms with E-state index in [-0.39, 0.29) is 6.03 Å². The van der Waals surface area contributed by atoms with Crippen LogP contribution in [-0.4, -0.2) is 70.0 Å². The van der Waals surface area contributed by atoms with Gasteiger partial charge in [-0.1, -0.05) is 84.5 Å². The maximum atomic E-state index is 14.3. The highest BCUT2D eigenvalue weighted by Crippen LogP contribution is 2.41. The van der Waals surface area contributed by atoms with Gasteiger partial charge < -0.3 is 24.0 Å². The summed E-state index contributed by atoms with van der Waals surface area (Å²) >= 11 is 0. The molecule has 0 spiro atoms. The van der Waals surface area contributed by atoms with Gasteiger partial charge in [-0.3, -0.25) is 4.90 Å². The van der Waals surface area contributed by atoms with E-state index in [1.807, 2.05) is 34.9 Å². The molecule has 3 rings (SSSR count). The van der Waals surface area contributed by atoms with Crippen molar-refractivity contribution in [3.05, 3.63) is 35.5 Å². The van der Waals surface area contributed by atoms with Gasteiger partial charge in [0, 0.05) is 62.3 Å². The average Bonchev–Trinajstić information content (AvgIpc) is 3.09. The number of amides is 2. The van der Waals surface area contributed by atoms with Gasteiger partial charge in [0.15, 0.2) is 0 Å². The van der Waals surface area contributed by atoms with E-state index in [9.17, 15) is 4.79 Å². The van der Waals surface area contributed by atoms with Crippen LogP contribution in [0.5, 0.6) is 17.4 Å². The third kappa shape index (κ3) is 10.7. The summed E-state index contributed by atoms with van der Waals surface area (Å²) < 4.78 is 16.9. The van der Waals surface area contributed by atoms with E-state index in [0.717, 1.165) is 54.5 Å². The molecule has 2 aromatic rings. The Bertz CT molecular complexity index is 1160. The highest BCUT2D eigenvalue weighted by Gasteiger charge is 2.31. The summed E-state index contributed by atoms with van der Waals surface area (Å²) in [5, 5.41) is 0. The second kappa shape index (κ2) is 20.2. The van der Waals surface area contributed by atoms with Crippen LogP contribution < -0.4 is 24.0 Å². The standard InChI is InChI=1S/C38H62N4O4/c1-8-11-13-15-17-19-21-31(20-18-16-14-12-9-2)35-26-30(4)39-37(46-7)36(35)42(10-3)38(43)41-24-22-40(23-25-41)32-27-33(44-5)29-34(28-32)45-6/h26-29,31H,8-25H2,1-7H3. The summed E-state index contributed by atoms with van der Waals surface area (Å²) in [6, 6.07) is 8.19.